The van der Waals surface area contributed by atoms with Crippen molar-refractivity contribution in [3.63, 3.8) is 0 Å². The molecular weight excluding hydrogens is 100 g/mol. The van der Waals surface area contributed by atoms with Crippen LogP contribution in [-0.2, 0) is 0 Å². The molecule has 0 saturated carbocycles. The minimum absolute atomic E-state index is 1.26. The molecule has 0 aromatic rings. The van der Waals surface area contributed by atoms with Crippen LogP contribution in [0.2, 0.25) is 0 Å². The lowest BCUT2D eigenvalue weighted by molar-refractivity contribution is -0.0824. The Morgan fingerprint density at radius 3 is 2.00 bits per heavy atom. The van der Waals surface area contributed by atoms with Crippen molar-refractivity contribution in [1.29, 1.82) is 0 Å². The summed E-state index contributed by atoms with van der Waals surface area (Å²) in [4.78, 5) is 0. The maximum atomic E-state index is 2.39. The van der Waals surface area contributed by atoms with Gasteiger partial charge in [0.25, 0.3) is 0 Å². The van der Waals surface area contributed by atoms with Gasteiger partial charge in [-0.25, -0.2) is 10.0 Å². The predicted octanol–water partition coefficient (Wildman–Crippen LogP) is 0.475. The molecule has 2 heterocycles. The molecule has 8 heavy (non-hydrogen) atoms. The maximum Gasteiger partial charge on any atom is 0.0428 e. The molecule has 0 aliphatic carbocycles. The van der Waals surface area contributed by atoms with Crippen molar-refractivity contribution in [2.45, 2.75) is 12.8 Å². The summed E-state index contributed by atoms with van der Waals surface area (Å²) < 4.78 is 0. The van der Waals surface area contributed by atoms with Crippen LogP contribution in [0.15, 0.2) is 0 Å². The molecular formula is C6H11N2. The van der Waals surface area contributed by atoms with E-state index in [1.165, 1.54) is 32.5 Å². The first-order valence-corrected chi connectivity index (χ1v) is 3.32. The van der Waals surface area contributed by atoms with Crippen LogP contribution >= 0.6 is 0 Å². The van der Waals surface area contributed by atoms with Crippen molar-refractivity contribution >= 4 is 0 Å². The van der Waals surface area contributed by atoms with Gasteiger partial charge < -0.3 is 0 Å². The molecule has 0 bridgehead atoms. The standard InChI is InChI=1S/C6H11N2/c1-3-7(4-1)8-5-2-6-8/h3H,1-2,4-6H2. The van der Waals surface area contributed by atoms with Crippen LogP contribution in [0.3, 0.4) is 0 Å². The summed E-state index contributed by atoms with van der Waals surface area (Å²) in [5.41, 5.74) is 0. The second kappa shape index (κ2) is 1.71. The summed E-state index contributed by atoms with van der Waals surface area (Å²) >= 11 is 0. The van der Waals surface area contributed by atoms with Gasteiger partial charge in [0.15, 0.2) is 0 Å². The Morgan fingerprint density at radius 2 is 1.88 bits per heavy atom. The first-order valence-electron chi connectivity index (χ1n) is 3.32. The molecule has 2 aliphatic heterocycles. The zero-order valence-corrected chi connectivity index (χ0v) is 5.01. The highest BCUT2D eigenvalue weighted by Crippen LogP contribution is 2.19. The predicted molar refractivity (Wildman–Crippen MR) is 31.8 cm³/mol. The van der Waals surface area contributed by atoms with E-state index >= 15 is 0 Å². The molecule has 2 heteroatoms. The molecule has 0 atom stereocenters. The lowest BCUT2D eigenvalue weighted by atomic mass is 10.2. The normalized spacial score (nSPS) is 31.5. The third kappa shape index (κ3) is 0.565. The summed E-state index contributed by atoms with van der Waals surface area (Å²) in [6, 6.07) is 0. The van der Waals surface area contributed by atoms with E-state index < -0.39 is 0 Å². The Kier molecular flexibility index (Phi) is 1.02. The molecule has 2 nitrogen and oxygen atoms in total. The van der Waals surface area contributed by atoms with Crippen LogP contribution in [0.4, 0.5) is 0 Å². The molecule has 1 radical (unpaired) electrons. The Morgan fingerprint density at radius 1 is 1.12 bits per heavy atom. The zero-order valence-electron chi connectivity index (χ0n) is 5.01. The van der Waals surface area contributed by atoms with E-state index in [1.54, 1.807) is 0 Å². The summed E-state index contributed by atoms with van der Waals surface area (Å²) in [6.07, 6.45) is 2.68. The molecule has 2 fully saturated rings. The van der Waals surface area contributed by atoms with Crippen molar-refractivity contribution in [2.24, 2.45) is 0 Å². The average molecular weight is 111 g/mol. The van der Waals surface area contributed by atoms with Crippen molar-refractivity contribution in [1.82, 2.24) is 10.0 Å². The smallest absolute Gasteiger partial charge is 0.0428 e. The summed E-state index contributed by atoms with van der Waals surface area (Å²) in [7, 11) is 0. The third-order valence-corrected chi connectivity index (χ3v) is 1.89. The highest BCUT2D eigenvalue weighted by molar-refractivity contribution is 4.81. The minimum Gasteiger partial charge on any atom is -0.241 e. The van der Waals surface area contributed by atoms with Gasteiger partial charge in [0, 0.05) is 26.2 Å². The molecule has 0 amide bonds. The van der Waals surface area contributed by atoms with Gasteiger partial charge in [-0.15, -0.1) is 0 Å². The number of nitrogens with zero attached hydrogens (tertiary/aromatic N) is 2. The van der Waals surface area contributed by atoms with Gasteiger partial charge in [-0.1, -0.05) is 0 Å². The summed E-state index contributed by atoms with van der Waals surface area (Å²) in [6.45, 7) is 6.10. The fourth-order valence-corrected chi connectivity index (χ4v) is 1.06. The van der Waals surface area contributed by atoms with Gasteiger partial charge in [-0.05, 0) is 12.8 Å². The number of hydrazine groups is 1. The van der Waals surface area contributed by atoms with Crippen molar-refractivity contribution in [3.8, 4) is 0 Å². The number of rotatable bonds is 1. The second-order valence-corrected chi connectivity index (χ2v) is 2.44. The van der Waals surface area contributed by atoms with E-state index in [-0.39, 0.29) is 0 Å². The lowest BCUT2D eigenvalue weighted by Crippen LogP contribution is -2.53. The summed E-state index contributed by atoms with van der Waals surface area (Å²) in [5, 5.41) is 4.72. The Labute approximate surface area is 50.0 Å². The molecule has 2 saturated heterocycles. The highest BCUT2D eigenvalue weighted by Gasteiger charge is 2.25. The van der Waals surface area contributed by atoms with Gasteiger partial charge in [0.05, 0.1) is 0 Å². The lowest BCUT2D eigenvalue weighted by Gasteiger charge is -2.45. The van der Waals surface area contributed by atoms with Crippen LogP contribution in [0.25, 0.3) is 0 Å². The van der Waals surface area contributed by atoms with Gasteiger partial charge in [0.1, 0.15) is 0 Å². The van der Waals surface area contributed by atoms with Crippen molar-refractivity contribution < 1.29 is 0 Å². The SMILES string of the molecule is [CH]1CCN1N1CCC1. The fraction of sp³-hybridized carbons (Fsp3) is 0.833. The van der Waals surface area contributed by atoms with Gasteiger partial charge >= 0.3 is 0 Å². The second-order valence-electron chi connectivity index (χ2n) is 2.44. The number of hydrogen-bond donors (Lipinski definition) is 0. The monoisotopic (exact) mass is 111 g/mol. The van der Waals surface area contributed by atoms with E-state index in [2.05, 4.69) is 16.6 Å². The van der Waals surface area contributed by atoms with E-state index in [0.29, 0.717) is 0 Å². The van der Waals surface area contributed by atoms with Crippen LogP contribution in [-0.4, -0.2) is 29.7 Å². The van der Waals surface area contributed by atoms with Crippen molar-refractivity contribution in [2.75, 3.05) is 19.6 Å². The van der Waals surface area contributed by atoms with E-state index in [1.807, 2.05) is 0 Å². The largest absolute Gasteiger partial charge is 0.241 e. The van der Waals surface area contributed by atoms with Crippen LogP contribution in [0.5, 0.6) is 0 Å². The topological polar surface area (TPSA) is 6.48 Å². The van der Waals surface area contributed by atoms with E-state index in [9.17, 15) is 0 Å². The van der Waals surface area contributed by atoms with E-state index in [0.717, 1.165) is 0 Å². The summed E-state index contributed by atoms with van der Waals surface area (Å²) in [5.74, 6) is 0. The highest BCUT2D eigenvalue weighted by atomic mass is 15.7. The first-order chi connectivity index (χ1) is 3.97. The minimum atomic E-state index is 1.26. The van der Waals surface area contributed by atoms with Gasteiger partial charge in [0.2, 0.25) is 0 Å². The molecule has 0 N–H and O–H groups in total. The molecule has 0 aromatic heterocycles. The van der Waals surface area contributed by atoms with Crippen LogP contribution < -0.4 is 0 Å². The molecule has 0 spiro atoms. The molecule has 0 unspecified atom stereocenters. The van der Waals surface area contributed by atoms with Crippen LogP contribution in [0, 0.1) is 6.54 Å². The van der Waals surface area contributed by atoms with E-state index in [4.69, 9.17) is 0 Å². The maximum absolute atomic E-state index is 2.39. The molecule has 45 valence electrons. The zero-order chi connectivity index (χ0) is 5.40. The quantitative estimate of drug-likeness (QED) is 0.485. The molecule has 2 rings (SSSR count). The fourth-order valence-electron chi connectivity index (χ4n) is 1.06. The van der Waals surface area contributed by atoms with Crippen LogP contribution in [0.1, 0.15) is 12.8 Å². The average Bonchev–Trinajstić information content (AvgIpc) is 1.47. The third-order valence-electron chi connectivity index (χ3n) is 1.89. The van der Waals surface area contributed by atoms with Crippen molar-refractivity contribution in [3.05, 3.63) is 6.54 Å². The Bertz CT molecular complexity index is 72.5. The molecule has 2 aliphatic rings. The number of hydrogen-bond acceptors (Lipinski definition) is 2. The molecule has 0 aromatic carbocycles. The Balaban J connectivity index is 1.79. The Hall–Kier alpha value is -0.0800. The van der Waals surface area contributed by atoms with Gasteiger partial charge in [-0.3, -0.25) is 0 Å². The first kappa shape index (κ1) is 4.77. The van der Waals surface area contributed by atoms with Gasteiger partial charge in [-0.2, -0.15) is 0 Å².